The summed E-state index contributed by atoms with van der Waals surface area (Å²) in [5, 5.41) is 5.04. The third-order valence-corrected chi connectivity index (χ3v) is 6.02. The number of halogens is 3. The second kappa shape index (κ2) is 9.05. The number of benzene rings is 2. The van der Waals surface area contributed by atoms with Gasteiger partial charge in [-0.05, 0) is 35.2 Å². The van der Waals surface area contributed by atoms with Crippen LogP contribution in [-0.2, 0) is 14.8 Å². The summed E-state index contributed by atoms with van der Waals surface area (Å²) in [6, 6.07) is 12.9. The van der Waals surface area contributed by atoms with Gasteiger partial charge in [0.05, 0.1) is 23.2 Å². The molecule has 7 nitrogen and oxygen atoms in total. The first-order valence-electron chi connectivity index (χ1n) is 10.0. The molecule has 1 unspecified atom stereocenters. The summed E-state index contributed by atoms with van der Waals surface area (Å²) >= 11 is 0. The van der Waals surface area contributed by atoms with Crippen molar-refractivity contribution in [2.24, 2.45) is 10.5 Å². The average molecular weight is 484 g/mol. The molecular formula is C22H24F3N3O4S. The lowest BCUT2D eigenvalue weighted by atomic mass is 9.99. The van der Waals surface area contributed by atoms with E-state index < -0.39 is 34.0 Å². The van der Waals surface area contributed by atoms with Gasteiger partial charge in [-0.3, -0.25) is 5.01 Å². The van der Waals surface area contributed by atoms with Crippen LogP contribution < -0.4 is 9.73 Å². The fraction of sp³-hybridized carbons (Fsp3) is 0.364. The molecule has 11 heteroatoms. The molecule has 1 heterocycles. The molecule has 1 N–H and O–H groups in total. The number of nitrogens with zero attached hydrogens (tertiary/aromatic N) is 2. The fourth-order valence-electron chi connectivity index (χ4n) is 3.11. The highest BCUT2D eigenvalue weighted by Crippen LogP contribution is 2.39. The summed E-state index contributed by atoms with van der Waals surface area (Å²) in [5.41, 5.74) is -0.347. The van der Waals surface area contributed by atoms with Crippen molar-refractivity contribution in [3.63, 3.8) is 0 Å². The standard InChI is InChI=1S/C22H24F3N3O4S/c1-21(2,3)14-32-20(29)27-33(30,31)17-11-9-15(10-12-17)18-13-19(22(23,24)25)26-28(18)16-7-5-4-6-8-16/h4-12,18H,13-14H2,1-3H3,(H,27,29). The number of para-hydroxylation sites is 1. The summed E-state index contributed by atoms with van der Waals surface area (Å²) in [6.07, 6.45) is -6.08. The number of carbonyl (C=O) groups excluding carboxylic acids is 1. The molecule has 1 atom stereocenters. The normalized spacial score (nSPS) is 17.0. The highest BCUT2D eigenvalue weighted by Gasteiger charge is 2.43. The third kappa shape index (κ3) is 6.25. The lowest BCUT2D eigenvalue weighted by Crippen LogP contribution is -2.33. The number of hydrogen-bond donors (Lipinski definition) is 1. The topological polar surface area (TPSA) is 88.1 Å². The van der Waals surface area contributed by atoms with Gasteiger partial charge >= 0.3 is 12.3 Å². The van der Waals surface area contributed by atoms with Crippen molar-refractivity contribution in [2.45, 2.75) is 44.3 Å². The van der Waals surface area contributed by atoms with Crippen molar-refractivity contribution in [1.29, 1.82) is 0 Å². The van der Waals surface area contributed by atoms with E-state index in [0.717, 1.165) is 0 Å². The molecule has 0 fully saturated rings. The number of sulfonamides is 1. The van der Waals surface area contributed by atoms with Gasteiger partial charge in [-0.25, -0.2) is 17.9 Å². The summed E-state index contributed by atoms with van der Waals surface area (Å²) < 4.78 is 71.7. The van der Waals surface area contributed by atoms with Crippen LogP contribution in [0.1, 0.15) is 38.8 Å². The minimum Gasteiger partial charge on any atom is -0.448 e. The van der Waals surface area contributed by atoms with E-state index in [-0.39, 0.29) is 23.3 Å². The number of hydrazone groups is 1. The number of amides is 1. The Labute approximate surface area is 190 Å². The lowest BCUT2D eigenvalue weighted by molar-refractivity contribution is -0.0600. The third-order valence-electron chi connectivity index (χ3n) is 4.69. The molecule has 2 aromatic rings. The zero-order chi connectivity index (χ0) is 24.4. The maximum Gasteiger partial charge on any atom is 0.431 e. The van der Waals surface area contributed by atoms with E-state index in [1.54, 1.807) is 30.3 Å². The molecule has 0 bridgehead atoms. The van der Waals surface area contributed by atoms with Gasteiger partial charge in [0.2, 0.25) is 0 Å². The van der Waals surface area contributed by atoms with Crippen LogP contribution in [0.4, 0.5) is 23.7 Å². The molecule has 0 saturated heterocycles. The number of anilines is 1. The number of carbonyl (C=O) groups is 1. The minimum atomic E-state index is -4.58. The molecule has 0 spiro atoms. The van der Waals surface area contributed by atoms with Crippen LogP contribution >= 0.6 is 0 Å². The van der Waals surface area contributed by atoms with E-state index in [1.807, 2.05) is 25.5 Å². The van der Waals surface area contributed by atoms with Crippen molar-refractivity contribution in [3.8, 4) is 0 Å². The Bertz CT molecular complexity index is 1130. The number of ether oxygens (including phenoxy) is 1. The van der Waals surface area contributed by atoms with Crippen LogP contribution in [0.3, 0.4) is 0 Å². The zero-order valence-electron chi connectivity index (χ0n) is 18.3. The molecule has 0 aromatic heterocycles. The van der Waals surface area contributed by atoms with Crippen LogP contribution in [0.5, 0.6) is 0 Å². The second-order valence-electron chi connectivity index (χ2n) is 8.76. The molecule has 0 saturated carbocycles. The van der Waals surface area contributed by atoms with Gasteiger partial charge in [0, 0.05) is 6.42 Å². The Hall–Kier alpha value is -3.08. The molecule has 178 valence electrons. The molecule has 0 aliphatic carbocycles. The fourth-order valence-corrected chi connectivity index (χ4v) is 4.00. The molecule has 33 heavy (non-hydrogen) atoms. The van der Waals surface area contributed by atoms with Crippen LogP contribution in [-0.4, -0.2) is 33.0 Å². The molecule has 1 aliphatic heterocycles. The van der Waals surface area contributed by atoms with Gasteiger partial charge in [-0.2, -0.15) is 18.3 Å². The largest absolute Gasteiger partial charge is 0.448 e. The lowest BCUT2D eigenvalue weighted by Gasteiger charge is -2.24. The maximum atomic E-state index is 13.3. The minimum absolute atomic E-state index is 0.0197. The van der Waals surface area contributed by atoms with Crippen molar-refractivity contribution in [1.82, 2.24) is 4.72 Å². The Balaban J connectivity index is 1.80. The van der Waals surface area contributed by atoms with Crippen LogP contribution in [0.2, 0.25) is 0 Å². The van der Waals surface area contributed by atoms with E-state index >= 15 is 0 Å². The van der Waals surface area contributed by atoms with Gasteiger partial charge in [-0.1, -0.05) is 51.1 Å². The van der Waals surface area contributed by atoms with E-state index in [4.69, 9.17) is 4.74 Å². The highest BCUT2D eigenvalue weighted by molar-refractivity contribution is 7.90. The van der Waals surface area contributed by atoms with Gasteiger partial charge in [0.25, 0.3) is 10.0 Å². The van der Waals surface area contributed by atoms with Gasteiger partial charge < -0.3 is 4.74 Å². The predicted molar refractivity (Wildman–Crippen MR) is 117 cm³/mol. The molecule has 3 rings (SSSR count). The van der Waals surface area contributed by atoms with Crippen LogP contribution in [0, 0.1) is 5.41 Å². The number of nitrogens with one attached hydrogen (secondary N) is 1. The number of rotatable bonds is 5. The molecule has 2 aromatic carbocycles. The van der Waals surface area contributed by atoms with Crippen molar-refractivity contribution >= 4 is 27.5 Å². The van der Waals surface area contributed by atoms with Gasteiger partial charge in [0.15, 0.2) is 0 Å². The van der Waals surface area contributed by atoms with Crippen LogP contribution in [0.25, 0.3) is 0 Å². The Morgan fingerprint density at radius 1 is 1.09 bits per heavy atom. The first-order valence-corrected chi connectivity index (χ1v) is 11.5. The first kappa shape index (κ1) is 24.6. The predicted octanol–water partition coefficient (Wildman–Crippen LogP) is 5.02. The molecule has 1 aliphatic rings. The van der Waals surface area contributed by atoms with Gasteiger partial charge in [0.1, 0.15) is 5.71 Å². The summed E-state index contributed by atoms with van der Waals surface area (Å²) in [4.78, 5) is 11.6. The Morgan fingerprint density at radius 3 is 2.24 bits per heavy atom. The summed E-state index contributed by atoms with van der Waals surface area (Å²) in [5.74, 6) is 0. The highest BCUT2D eigenvalue weighted by atomic mass is 32.2. The van der Waals surface area contributed by atoms with Crippen molar-refractivity contribution in [3.05, 3.63) is 60.2 Å². The first-order chi connectivity index (χ1) is 15.3. The SMILES string of the molecule is CC(C)(C)COC(=O)NS(=O)(=O)c1ccc(C2CC(C(F)(F)F)=NN2c2ccccc2)cc1. The zero-order valence-corrected chi connectivity index (χ0v) is 19.1. The van der Waals surface area contributed by atoms with Gasteiger partial charge in [-0.15, -0.1) is 0 Å². The van der Waals surface area contributed by atoms with Crippen molar-refractivity contribution in [2.75, 3.05) is 11.6 Å². The van der Waals surface area contributed by atoms with E-state index in [0.29, 0.717) is 11.3 Å². The second-order valence-corrected chi connectivity index (χ2v) is 10.4. The smallest absolute Gasteiger partial charge is 0.431 e. The monoisotopic (exact) mass is 483 g/mol. The average Bonchev–Trinajstić information content (AvgIpc) is 3.18. The quantitative estimate of drug-likeness (QED) is 0.645. The number of hydrogen-bond acceptors (Lipinski definition) is 6. The van der Waals surface area contributed by atoms with E-state index in [2.05, 4.69) is 5.10 Å². The Kier molecular flexibility index (Phi) is 6.73. The van der Waals surface area contributed by atoms with E-state index in [9.17, 15) is 26.4 Å². The van der Waals surface area contributed by atoms with E-state index in [1.165, 1.54) is 29.3 Å². The van der Waals surface area contributed by atoms with Crippen LogP contribution in [0.15, 0.2) is 64.6 Å². The van der Waals surface area contributed by atoms with Crippen molar-refractivity contribution < 1.29 is 31.1 Å². The maximum absolute atomic E-state index is 13.3. The Morgan fingerprint density at radius 2 is 1.70 bits per heavy atom. The number of alkyl halides is 3. The molecule has 1 amide bonds. The summed E-state index contributed by atoms with van der Waals surface area (Å²) in [7, 11) is -4.21. The molecular weight excluding hydrogens is 459 g/mol. The molecule has 0 radical (unpaired) electrons. The summed E-state index contributed by atoms with van der Waals surface area (Å²) in [6.45, 7) is 5.49.